The van der Waals surface area contributed by atoms with Crippen LogP contribution in [0, 0.1) is 11.3 Å². The molecule has 0 bridgehead atoms. The predicted molar refractivity (Wildman–Crippen MR) is 62.0 cm³/mol. The highest BCUT2D eigenvalue weighted by Gasteiger charge is 2.01. The molecule has 1 aliphatic rings. The van der Waals surface area contributed by atoms with Crippen LogP contribution in [0.25, 0.3) is 5.57 Å². The molecule has 1 aliphatic carbocycles. The quantitative estimate of drug-likeness (QED) is 0.670. The van der Waals surface area contributed by atoms with E-state index in [1.54, 1.807) is 0 Å². The molecule has 1 aromatic rings. The van der Waals surface area contributed by atoms with Gasteiger partial charge in [0, 0.05) is 0 Å². The SMILES string of the molecule is CC(=C1C=CC=C1)c1ccc(C#N)cc1. The largest absolute Gasteiger partial charge is 0.192 e. The molecule has 1 heteroatoms. The maximum atomic E-state index is 8.69. The van der Waals surface area contributed by atoms with Gasteiger partial charge in [0.2, 0.25) is 0 Å². The van der Waals surface area contributed by atoms with Crippen LogP contribution in [0.3, 0.4) is 0 Å². The number of rotatable bonds is 1. The summed E-state index contributed by atoms with van der Waals surface area (Å²) in [5, 5.41) is 8.69. The summed E-state index contributed by atoms with van der Waals surface area (Å²) in [5.41, 5.74) is 4.35. The van der Waals surface area contributed by atoms with Crippen molar-refractivity contribution in [1.82, 2.24) is 0 Å². The van der Waals surface area contributed by atoms with Gasteiger partial charge in [0.05, 0.1) is 11.6 Å². The van der Waals surface area contributed by atoms with Crippen molar-refractivity contribution < 1.29 is 0 Å². The summed E-state index contributed by atoms with van der Waals surface area (Å²) in [6, 6.07) is 9.79. The number of nitriles is 1. The van der Waals surface area contributed by atoms with Gasteiger partial charge in [-0.15, -0.1) is 0 Å². The van der Waals surface area contributed by atoms with Crippen molar-refractivity contribution in [2.24, 2.45) is 0 Å². The van der Waals surface area contributed by atoms with E-state index in [2.05, 4.69) is 25.1 Å². The lowest BCUT2D eigenvalue weighted by molar-refractivity contribution is 1.46. The molecular formula is C14H11N. The van der Waals surface area contributed by atoms with E-state index in [9.17, 15) is 0 Å². The lowest BCUT2D eigenvalue weighted by Gasteiger charge is -2.03. The molecule has 0 N–H and O–H groups in total. The number of hydrogen-bond acceptors (Lipinski definition) is 1. The highest BCUT2D eigenvalue weighted by Crippen LogP contribution is 2.22. The zero-order chi connectivity index (χ0) is 10.7. The van der Waals surface area contributed by atoms with Crippen LogP contribution < -0.4 is 0 Å². The van der Waals surface area contributed by atoms with Crippen LogP contribution in [-0.4, -0.2) is 0 Å². The maximum absolute atomic E-state index is 8.69. The molecule has 0 saturated carbocycles. The molecule has 0 fully saturated rings. The van der Waals surface area contributed by atoms with Gasteiger partial charge in [0.15, 0.2) is 0 Å². The Morgan fingerprint density at radius 2 is 1.67 bits per heavy atom. The highest BCUT2D eigenvalue weighted by molar-refractivity contribution is 5.73. The van der Waals surface area contributed by atoms with Gasteiger partial charge >= 0.3 is 0 Å². The lowest BCUT2D eigenvalue weighted by Crippen LogP contribution is -1.83. The van der Waals surface area contributed by atoms with Crippen LogP contribution >= 0.6 is 0 Å². The Bertz CT molecular complexity index is 479. The molecule has 0 saturated heterocycles. The fraction of sp³-hybridized carbons (Fsp3) is 0.0714. The van der Waals surface area contributed by atoms with Crippen molar-refractivity contribution in [3.05, 3.63) is 65.3 Å². The van der Waals surface area contributed by atoms with Gasteiger partial charge in [-0.2, -0.15) is 5.26 Å². The van der Waals surface area contributed by atoms with Crippen molar-refractivity contribution in [3.8, 4) is 6.07 Å². The fourth-order valence-electron chi connectivity index (χ4n) is 1.59. The second-order valence-corrected chi connectivity index (χ2v) is 3.49. The van der Waals surface area contributed by atoms with Crippen molar-refractivity contribution in [2.45, 2.75) is 6.92 Å². The van der Waals surface area contributed by atoms with Gasteiger partial charge in [-0.25, -0.2) is 0 Å². The maximum Gasteiger partial charge on any atom is 0.0991 e. The smallest absolute Gasteiger partial charge is 0.0991 e. The van der Waals surface area contributed by atoms with E-state index in [-0.39, 0.29) is 0 Å². The molecule has 72 valence electrons. The average molecular weight is 193 g/mol. The summed E-state index contributed by atoms with van der Waals surface area (Å²) in [5.74, 6) is 0. The molecule has 0 amide bonds. The number of allylic oxidation sites excluding steroid dienone is 6. The summed E-state index contributed by atoms with van der Waals surface area (Å²) in [6.45, 7) is 2.09. The first-order valence-electron chi connectivity index (χ1n) is 4.87. The summed E-state index contributed by atoms with van der Waals surface area (Å²) < 4.78 is 0. The third kappa shape index (κ3) is 1.89. The van der Waals surface area contributed by atoms with Gasteiger partial charge in [0.1, 0.15) is 0 Å². The van der Waals surface area contributed by atoms with E-state index in [4.69, 9.17) is 5.26 Å². The Kier molecular flexibility index (Phi) is 2.51. The zero-order valence-corrected chi connectivity index (χ0v) is 8.57. The first-order valence-corrected chi connectivity index (χ1v) is 4.87. The number of nitrogens with zero attached hydrogens (tertiary/aromatic N) is 1. The van der Waals surface area contributed by atoms with Gasteiger partial charge in [0.25, 0.3) is 0 Å². The second kappa shape index (κ2) is 3.98. The molecule has 0 aromatic heterocycles. The number of hydrogen-bond donors (Lipinski definition) is 0. The van der Waals surface area contributed by atoms with E-state index in [1.165, 1.54) is 16.7 Å². The van der Waals surface area contributed by atoms with E-state index in [0.29, 0.717) is 5.56 Å². The summed E-state index contributed by atoms with van der Waals surface area (Å²) in [4.78, 5) is 0. The molecule has 2 rings (SSSR count). The first-order chi connectivity index (χ1) is 7.31. The minimum Gasteiger partial charge on any atom is -0.192 e. The first kappa shape index (κ1) is 9.48. The molecule has 0 aliphatic heterocycles. The van der Waals surface area contributed by atoms with E-state index >= 15 is 0 Å². The minimum atomic E-state index is 0.703. The summed E-state index contributed by atoms with van der Waals surface area (Å²) in [6.07, 6.45) is 8.24. The highest BCUT2D eigenvalue weighted by atomic mass is 14.2. The Labute approximate surface area is 89.7 Å². The van der Waals surface area contributed by atoms with Crippen LogP contribution in [0.15, 0.2) is 54.1 Å². The molecule has 0 atom stereocenters. The van der Waals surface area contributed by atoms with Gasteiger partial charge in [-0.05, 0) is 35.8 Å². The normalized spacial score (nSPS) is 12.9. The lowest BCUT2D eigenvalue weighted by atomic mass is 10.0. The van der Waals surface area contributed by atoms with Crippen LogP contribution in [0.5, 0.6) is 0 Å². The minimum absolute atomic E-state index is 0.703. The van der Waals surface area contributed by atoms with E-state index in [1.807, 2.05) is 36.4 Å². The monoisotopic (exact) mass is 193 g/mol. The average Bonchev–Trinajstić information content (AvgIpc) is 2.82. The molecule has 1 nitrogen and oxygen atoms in total. The summed E-state index contributed by atoms with van der Waals surface area (Å²) in [7, 11) is 0. The molecule has 0 heterocycles. The van der Waals surface area contributed by atoms with Crippen molar-refractivity contribution in [1.29, 1.82) is 5.26 Å². The second-order valence-electron chi connectivity index (χ2n) is 3.49. The Morgan fingerprint density at radius 3 is 2.20 bits per heavy atom. The van der Waals surface area contributed by atoms with E-state index in [0.717, 1.165) is 0 Å². The van der Waals surface area contributed by atoms with E-state index < -0.39 is 0 Å². The molecule has 15 heavy (non-hydrogen) atoms. The third-order valence-corrected chi connectivity index (χ3v) is 2.54. The summed E-state index contributed by atoms with van der Waals surface area (Å²) >= 11 is 0. The Balaban J connectivity index is 2.39. The van der Waals surface area contributed by atoms with Gasteiger partial charge in [-0.3, -0.25) is 0 Å². The van der Waals surface area contributed by atoms with Crippen LogP contribution in [0.4, 0.5) is 0 Å². The van der Waals surface area contributed by atoms with Crippen molar-refractivity contribution in [2.75, 3.05) is 0 Å². The molecule has 0 radical (unpaired) electrons. The Morgan fingerprint density at radius 1 is 1.07 bits per heavy atom. The molecule has 0 spiro atoms. The molecular weight excluding hydrogens is 182 g/mol. The van der Waals surface area contributed by atoms with Crippen molar-refractivity contribution in [3.63, 3.8) is 0 Å². The molecule has 1 aromatic carbocycles. The molecule has 0 unspecified atom stereocenters. The van der Waals surface area contributed by atoms with Crippen molar-refractivity contribution >= 4 is 5.57 Å². The van der Waals surface area contributed by atoms with Gasteiger partial charge in [-0.1, -0.05) is 36.4 Å². The van der Waals surface area contributed by atoms with Gasteiger partial charge < -0.3 is 0 Å². The van der Waals surface area contributed by atoms with Crippen LogP contribution in [-0.2, 0) is 0 Å². The standard InChI is InChI=1S/C14H11N/c1-11(13-4-2-3-5-13)14-8-6-12(10-15)7-9-14/h2-9H,1H3. The fourth-order valence-corrected chi connectivity index (χ4v) is 1.59. The Hall–Kier alpha value is -2.07. The van der Waals surface area contributed by atoms with Crippen LogP contribution in [0.1, 0.15) is 18.1 Å². The zero-order valence-electron chi connectivity index (χ0n) is 8.57. The van der Waals surface area contributed by atoms with Crippen LogP contribution in [0.2, 0.25) is 0 Å². The topological polar surface area (TPSA) is 23.8 Å². The third-order valence-electron chi connectivity index (χ3n) is 2.54. The number of benzene rings is 1. The predicted octanol–water partition coefficient (Wildman–Crippen LogP) is 3.46.